The van der Waals surface area contributed by atoms with Crippen molar-refractivity contribution in [3.8, 4) is 0 Å². The minimum absolute atomic E-state index is 0.0836. The second-order valence-corrected chi connectivity index (χ2v) is 7.28. The van der Waals surface area contributed by atoms with Crippen molar-refractivity contribution in [3.05, 3.63) is 35.4 Å². The van der Waals surface area contributed by atoms with E-state index >= 15 is 0 Å². The molecule has 1 aromatic rings. The third kappa shape index (κ3) is 4.19. The van der Waals surface area contributed by atoms with Crippen LogP contribution in [-0.4, -0.2) is 22.9 Å². The lowest BCUT2D eigenvalue weighted by Crippen LogP contribution is -2.71. The van der Waals surface area contributed by atoms with Gasteiger partial charge in [-0.3, -0.25) is 15.0 Å². The summed E-state index contributed by atoms with van der Waals surface area (Å²) in [6.07, 6.45) is 0.599. The normalized spacial score (nSPS) is 19.2. The molecule has 1 aliphatic rings. The van der Waals surface area contributed by atoms with Gasteiger partial charge < -0.3 is 0 Å². The second kappa shape index (κ2) is 7.68. The number of nitrogens with one attached hydrogen (secondary N) is 1. The smallest absolute Gasteiger partial charge is 0.272 e. The van der Waals surface area contributed by atoms with E-state index in [0.29, 0.717) is 0 Å². The van der Waals surface area contributed by atoms with Crippen LogP contribution in [0.15, 0.2) is 24.3 Å². The van der Waals surface area contributed by atoms with Crippen molar-refractivity contribution in [2.24, 2.45) is 5.41 Å². The van der Waals surface area contributed by atoms with Crippen molar-refractivity contribution in [2.75, 3.05) is 0 Å². The quantitative estimate of drug-likeness (QED) is 0.565. The maximum atomic E-state index is 12.6. The molecule has 0 saturated carbocycles. The van der Waals surface area contributed by atoms with Crippen LogP contribution in [0.2, 0.25) is 0 Å². The van der Waals surface area contributed by atoms with Gasteiger partial charge in [0, 0.05) is 5.56 Å². The SMILES string of the molecule is CCCCCC[C@H]1N(NC(=O)c2ccc(C(F)(F)F)cc2)C(=O)C1(C)C. The predicted molar refractivity (Wildman–Crippen MR) is 92.1 cm³/mol. The highest BCUT2D eigenvalue weighted by Gasteiger charge is 2.54. The van der Waals surface area contributed by atoms with E-state index in [1.165, 1.54) is 5.01 Å². The van der Waals surface area contributed by atoms with E-state index in [0.717, 1.165) is 56.4 Å². The van der Waals surface area contributed by atoms with E-state index in [4.69, 9.17) is 0 Å². The molecule has 0 aliphatic carbocycles. The Kier molecular flexibility index (Phi) is 5.98. The molecule has 144 valence electrons. The summed E-state index contributed by atoms with van der Waals surface area (Å²) in [5.41, 5.74) is 1.28. The van der Waals surface area contributed by atoms with E-state index in [1.54, 1.807) is 0 Å². The molecule has 2 rings (SSSR count). The summed E-state index contributed by atoms with van der Waals surface area (Å²) in [6.45, 7) is 5.81. The fourth-order valence-corrected chi connectivity index (χ4v) is 3.22. The summed E-state index contributed by atoms with van der Waals surface area (Å²) < 4.78 is 37.8. The van der Waals surface area contributed by atoms with Gasteiger partial charge in [-0.2, -0.15) is 13.2 Å². The van der Waals surface area contributed by atoms with Crippen molar-refractivity contribution >= 4 is 11.8 Å². The van der Waals surface area contributed by atoms with Crippen molar-refractivity contribution in [3.63, 3.8) is 0 Å². The average Bonchev–Trinajstić information content (AvgIpc) is 2.59. The lowest BCUT2D eigenvalue weighted by atomic mass is 9.73. The van der Waals surface area contributed by atoms with E-state index < -0.39 is 23.1 Å². The van der Waals surface area contributed by atoms with Crippen LogP contribution in [0.5, 0.6) is 0 Å². The molecule has 7 heteroatoms. The molecule has 1 fully saturated rings. The van der Waals surface area contributed by atoms with Crippen molar-refractivity contribution in [1.82, 2.24) is 10.4 Å². The summed E-state index contributed by atoms with van der Waals surface area (Å²) in [7, 11) is 0. The lowest BCUT2D eigenvalue weighted by Gasteiger charge is -2.52. The van der Waals surface area contributed by atoms with Gasteiger partial charge in [-0.15, -0.1) is 0 Å². The van der Waals surface area contributed by atoms with Crippen molar-refractivity contribution < 1.29 is 22.8 Å². The summed E-state index contributed by atoms with van der Waals surface area (Å²) in [5, 5.41) is 1.33. The van der Waals surface area contributed by atoms with Gasteiger partial charge in [-0.1, -0.05) is 32.6 Å². The topological polar surface area (TPSA) is 49.4 Å². The van der Waals surface area contributed by atoms with Crippen LogP contribution in [0, 0.1) is 5.41 Å². The number of halogens is 3. The molecule has 0 aromatic heterocycles. The number of β-lactam (4-membered cyclic amide) rings is 1. The summed E-state index contributed by atoms with van der Waals surface area (Å²) >= 11 is 0. The van der Waals surface area contributed by atoms with Gasteiger partial charge in [0.2, 0.25) is 5.91 Å². The maximum Gasteiger partial charge on any atom is 0.416 e. The maximum absolute atomic E-state index is 12.6. The Morgan fingerprint density at radius 2 is 1.77 bits per heavy atom. The van der Waals surface area contributed by atoms with Gasteiger partial charge in [-0.25, -0.2) is 5.01 Å². The lowest BCUT2D eigenvalue weighted by molar-refractivity contribution is -0.174. The van der Waals surface area contributed by atoms with Gasteiger partial charge in [-0.05, 0) is 44.5 Å². The number of benzene rings is 1. The summed E-state index contributed by atoms with van der Waals surface area (Å²) in [4.78, 5) is 24.6. The third-order valence-electron chi connectivity index (χ3n) is 4.94. The van der Waals surface area contributed by atoms with Crippen LogP contribution in [0.4, 0.5) is 13.2 Å². The Morgan fingerprint density at radius 1 is 1.15 bits per heavy atom. The first-order valence-electron chi connectivity index (χ1n) is 8.91. The Hall–Kier alpha value is -2.05. The Morgan fingerprint density at radius 3 is 2.31 bits per heavy atom. The molecule has 2 amide bonds. The molecule has 1 heterocycles. The standard InChI is InChI=1S/C19H25F3N2O2/c1-4-5-6-7-8-15-18(2,3)17(26)24(15)23-16(25)13-9-11-14(12-10-13)19(20,21)22/h9-12,15H,4-8H2,1-3H3,(H,23,25)/t15-/m1/s1. The minimum atomic E-state index is -4.45. The first-order chi connectivity index (χ1) is 12.1. The number of rotatable bonds is 7. The molecule has 0 radical (unpaired) electrons. The van der Waals surface area contributed by atoms with Crippen LogP contribution >= 0.6 is 0 Å². The Balaban J connectivity index is 2.01. The zero-order valence-corrected chi connectivity index (χ0v) is 15.3. The molecule has 4 nitrogen and oxygen atoms in total. The molecule has 1 atom stereocenters. The van der Waals surface area contributed by atoms with Crippen LogP contribution in [0.1, 0.15) is 68.8 Å². The number of hydrogen-bond donors (Lipinski definition) is 1. The molecule has 0 bridgehead atoms. The number of hydrogen-bond acceptors (Lipinski definition) is 2. The zero-order valence-electron chi connectivity index (χ0n) is 15.3. The van der Waals surface area contributed by atoms with Crippen molar-refractivity contribution in [2.45, 2.75) is 65.1 Å². The van der Waals surface area contributed by atoms with Crippen LogP contribution in [0.3, 0.4) is 0 Å². The highest BCUT2D eigenvalue weighted by atomic mass is 19.4. The van der Waals surface area contributed by atoms with Crippen LogP contribution in [-0.2, 0) is 11.0 Å². The first-order valence-corrected chi connectivity index (χ1v) is 8.91. The molecule has 26 heavy (non-hydrogen) atoms. The zero-order chi connectivity index (χ0) is 19.5. The molecule has 1 saturated heterocycles. The molecule has 0 unspecified atom stereocenters. The predicted octanol–water partition coefficient (Wildman–Crippen LogP) is 4.56. The average molecular weight is 370 g/mol. The number of carbonyl (C=O) groups excluding carboxylic acids is 2. The van der Waals surface area contributed by atoms with Gasteiger partial charge in [0.25, 0.3) is 5.91 Å². The number of carbonyl (C=O) groups is 2. The molecule has 0 spiro atoms. The first kappa shape index (κ1) is 20.3. The Labute approximate surface area is 151 Å². The molecular formula is C19H25F3N2O2. The molecule has 1 N–H and O–H groups in total. The van der Waals surface area contributed by atoms with Gasteiger partial charge in [0.15, 0.2) is 0 Å². The highest BCUT2D eigenvalue weighted by Crippen LogP contribution is 2.40. The van der Waals surface area contributed by atoms with E-state index in [2.05, 4.69) is 12.3 Å². The van der Waals surface area contributed by atoms with E-state index in [1.807, 2.05) is 13.8 Å². The van der Waals surface area contributed by atoms with Crippen LogP contribution in [0.25, 0.3) is 0 Å². The summed E-state index contributed by atoms with van der Waals surface area (Å²) in [5.74, 6) is -0.764. The van der Waals surface area contributed by atoms with Gasteiger partial charge in [0.05, 0.1) is 17.0 Å². The van der Waals surface area contributed by atoms with E-state index in [-0.39, 0.29) is 17.5 Å². The fourth-order valence-electron chi connectivity index (χ4n) is 3.22. The Bertz CT molecular complexity index is 654. The number of nitrogens with zero attached hydrogens (tertiary/aromatic N) is 1. The van der Waals surface area contributed by atoms with Crippen LogP contribution < -0.4 is 5.43 Å². The number of amides is 2. The van der Waals surface area contributed by atoms with Gasteiger partial charge in [0.1, 0.15) is 0 Å². The van der Waals surface area contributed by atoms with Gasteiger partial charge >= 0.3 is 6.18 Å². The molecule has 1 aromatic carbocycles. The summed E-state index contributed by atoms with van der Waals surface area (Å²) in [6, 6.07) is 3.84. The highest BCUT2D eigenvalue weighted by molar-refractivity contribution is 5.97. The molecule has 1 aliphatic heterocycles. The largest absolute Gasteiger partial charge is 0.416 e. The number of hydrazine groups is 1. The second-order valence-electron chi connectivity index (χ2n) is 7.28. The van der Waals surface area contributed by atoms with E-state index in [9.17, 15) is 22.8 Å². The minimum Gasteiger partial charge on any atom is -0.272 e. The fraction of sp³-hybridized carbons (Fsp3) is 0.579. The third-order valence-corrected chi connectivity index (χ3v) is 4.94. The van der Waals surface area contributed by atoms with Crippen molar-refractivity contribution in [1.29, 1.82) is 0 Å². The monoisotopic (exact) mass is 370 g/mol. The number of unbranched alkanes of at least 4 members (excludes halogenated alkanes) is 3. The molecular weight excluding hydrogens is 345 g/mol. The number of alkyl halides is 3.